The first-order valence-electron chi connectivity index (χ1n) is 8.51. The van der Waals surface area contributed by atoms with Crippen LogP contribution in [0.1, 0.15) is 21.5 Å². The number of nitrogens with one attached hydrogen (secondary N) is 2. The molecular formula is C21H15ClN2O4. The van der Waals surface area contributed by atoms with Crippen LogP contribution < -0.4 is 16.5 Å². The average Bonchev–Trinajstić information content (AvgIpc) is 2.65. The minimum absolute atomic E-state index is 0.0474. The highest BCUT2D eigenvalue weighted by atomic mass is 35.5. The van der Waals surface area contributed by atoms with Crippen molar-refractivity contribution in [3.8, 4) is 0 Å². The van der Waals surface area contributed by atoms with E-state index in [2.05, 4.69) is 5.32 Å². The van der Waals surface area contributed by atoms with E-state index >= 15 is 0 Å². The fraction of sp³-hybridized carbons (Fsp3) is 0.0952. The fourth-order valence-corrected chi connectivity index (χ4v) is 3.29. The van der Waals surface area contributed by atoms with E-state index in [1.54, 1.807) is 37.3 Å². The van der Waals surface area contributed by atoms with Crippen LogP contribution in [-0.4, -0.2) is 5.91 Å². The van der Waals surface area contributed by atoms with E-state index in [-0.39, 0.29) is 17.7 Å². The van der Waals surface area contributed by atoms with Gasteiger partial charge in [-0.3, -0.25) is 10.2 Å². The molecule has 140 valence electrons. The molecule has 0 atom stereocenters. The SMILES string of the molecule is Cc1cc(=O)oc2c1ccc1oc(=N)c(C(=O)NCc3cccc(Cl)c3)cc12. The number of halogens is 1. The Morgan fingerprint density at radius 1 is 1.11 bits per heavy atom. The molecule has 0 fully saturated rings. The maximum atomic E-state index is 12.6. The Labute approximate surface area is 163 Å². The highest BCUT2D eigenvalue weighted by molar-refractivity contribution is 6.30. The lowest BCUT2D eigenvalue weighted by Crippen LogP contribution is -2.27. The molecule has 0 bridgehead atoms. The van der Waals surface area contributed by atoms with Crippen molar-refractivity contribution in [3.05, 3.63) is 86.2 Å². The Hall–Kier alpha value is -3.38. The summed E-state index contributed by atoms with van der Waals surface area (Å²) in [6, 6.07) is 13.5. The lowest BCUT2D eigenvalue weighted by Gasteiger charge is -2.08. The Morgan fingerprint density at radius 3 is 2.71 bits per heavy atom. The third-order valence-corrected chi connectivity index (χ3v) is 4.69. The van der Waals surface area contributed by atoms with Crippen molar-refractivity contribution in [1.29, 1.82) is 5.41 Å². The van der Waals surface area contributed by atoms with Crippen molar-refractivity contribution in [3.63, 3.8) is 0 Å². The van der Waals surface area contributed by atoms with Crippen LogP contribution in [0, 0.1) is 12.3 Å². The van der Waals surface area contributed by atoms with Crippen LogP contribution >= 0.6 is 11.6 Å². The Bertz CT molecular complexity index is 1350. The van der Waals surface area contributed by atoms with E-state index in [9.17, 15) is 9.59 Å². The molecule has 6 nitrogen and oxygen atoms in total. The van der Waals surface area contributed by atoms with Gasteiger partial charge >= 0.3 is 5.63 Å². The van der Waals surface area contributed by atoms with Gasteiger partial charge in [-0.15, -0.1) is 0 Å². The number of hydrogen-bond acceptors (Lipinski definition) is 5. The average molecular weight is 395 g/mol. The van der Waals surface area contributed by atoms with Crippen LogP contribution in [0.4, 0.5) is 0 Å². The third-order valence-electron chi connectivity index (χ3n) is 4.45. The molecular weight excluding hydrogens is 380 g/mol. The number of rotatable bonds is 3. The highest BCUT2D eigenvalue weighted by Gasteiger charge is 2.15. The molecule has 0 unspecified atom stereocenters. The van der Waals surface area contributed by atoms with Gasteiger partial charge in [0.2, 0.25) is 5.55 Å². The molecule has 0 spiro atoms. The van der Waals surface area contributed by atoms with Gasteiger partial charge in [-0.05, 0) is 48.4 Å². The minimum atomic E-state index is -0.487. The quantitative estimate of drug-likeness (QED) is 0.406. The van der Waals surface area contributed by atoms with E-state index in [0.29, 0.717) is 21.6 Å². The van der Waals surface area contributed by atoms with Crippen LogP contribution in [0.3, 0.4) is 0 Å². The number of fused-ring (bicyclic) bond motifs is 3. The van der Waals surface area contributed by atoms with Crippen molar-refractivity contribution < 1.29 is 13.6 Å². The summed E-state index contributed by atoms with van der Waals surface area (Å²) in [7, 11) is 0. The van der Waals surface area contributed by atoms with Gasteiger partial charge in [-0.1, -0.05) is 23.7 Å². The predicted octanol–water partition coefficient (Wildman–Crippen LogP) is 3.91. The molecule has 2 aromatic carbocycles. The van der Waals surface area contributed by atoms with Crippen LogP contribution in [0.25, 0.3) is 21.9 Å². The number of hydrogen-bond donors (Lipinski definition) is 2. The normalized spacial score (nSPS) is 11.1. The summed E-state index contributed by atoms with van der Waals surface area (Å²) < 4.78 is 10.8. The van der Waals surface area contributed by atoms with Gasteiger partial charge in [0.05, 0.1) is 5.39 Å². The molecule has 28 heavy (non-hydrogen) atoms. The predicted molar refractivity (Wildman–Crippen MR) is 105 cm³/mol. The zero-order valence-corrected chi connectivity index (χ0v) is 15.6. The number of amides is 1. The molecule has 2 heterocycles. The van der Waals surface area contributed by atoms with Gasteiger partial charge in [0.15, 0.2) is 0 Å². The molecule has 2 N–H and O–H groups in total. The van der Waals surface area contributed by atoms with Crippen molar-refractivity contribution >= 4 is 39.4 Å². The van der Waals surface area contributed by atoms with Crippen molar-refractivity contribution in [2.24, 2.45) is 0 Å². The van der Waals surface area contributed by atoms with Crippen molar-refractivity contribution in [2.75, 3.05) is 0 Å². The first-order valence-corrected chi connectivity index (χ1v) is 8.89. The fourth-order valence-electron chi connectivity index (χ4n) is 3.08. The Kier molecular flexibility index (Phi) is 4.49. The van der Waals surface area contributed by atoms with E-state index in [0.717, 1.165) is 16.5 Å². The zero-order chi connectivity index (χ0) is 19.8. The summed E-state index contributed by atoms with van der Waals surface area (Å²) in [5, 5.41) is 12.6. The molecule has 0 aliphatic carbocycles. The third kappa shape index (κ3) is 3.30. The second-order valence-electron chi connectivity index (χ2n) is 6.40. The van der Waals surface area contributed by atoms with E-state index < -0.39 is 11.5 Å². The zero-order valence-electron chi connectivity index (χ0n) is 14.8. The van der Waals surface area contributed by atoms with E-state index in [1.807, 2.05) is 6.07 Å². The maximum Gasteiger partial charge on any atom is 0.336 e. The number of carbonyl (C=O) groups is 1. The first-order chi connectivity index (χ1) is 13.4. The molecule has 2 aromatic heterocycles. The molecule has 4 rings (SSSR count). The van der Waals surface area contributed by atoms with Crippen LogP contribution in [0.2, 0.25) is 5.02 Å². The van der Waals surface area contributed by atoms with Gasteiger partial charge in [-0.2, -0.15) is 0 Å². The number of carbonyl (C=O) groups excluding carboxylic acids is 1. The molecule has 0 saturated carbocycles. The molecule has 0 aliphatic rings. The molecule has 4 aromatic rings. The summed E-state index contributed by atoms with van der Waals surface area (Å²) in [5.41, 5.74) is 1.57. The van der Waals surface area contributed by atoms with Crippen molar-refractivity contribution in [2.45, 2.75) is 13.5 Å². The monoisotopic (exact) mass is 394 g/mol. The van der Waals surface area contributed by atoms with E-state index in [1.165, 1.54) is 12.1 Å². The van der Waals surface area contributed by atoms with Crippen molar-refractivity contribution in [1.82, 2.24) is 5.32 Å². The van der Waals surface area contributed by atoms with Gasteiger partial charge in [-0.25, -0.2) is 4.79 Å². The molecule has 0 radical (unpaired) electrons. The molecule has 0 saturated heterocycles. The van der Waals surface area contributed by atoms with Gasteiger partial charge in [0.25, 0.3) is 5.91 Å². The van der Waals surface area contributed by atoms with Crippen LogP contribution in [-0.2, 0) is 6.54 Å². The van der Waals surface area contributed by atoms with Gasteiger partial charge < -0.3 is 14.2 Å². The van der Waals surface area contributed by atoms with E-state index in [4.69, 9.17) is 25.8 Å². The van der Waals surface area contributed by atoms with Gasteiger partial charge in [0.1, 0.15) is 16.7 Å². The summed E-state index contributed by atoms with van der Waals surface area (Å²) in [4.78, 5) is 24.4. The second kappa shape index (κ2) is 6.98. The Morgan fingerprint density at radius 2 is 1.93 bits per heavy atom. The Balaban J connectivity index is 1.77. The second-order valence-corrected chi connectivity index (χ2v) is 6.84. The minimum Gasteiger partial charge on any atom is -0.438 e. The molecule has 7 heteroatoms. The topological polar surface area (TPSA) is 96.3 Å². The number of aryl methyl sites for hydroxylation is 1. The summed E-state index contributed by atoms with van der Waals surface area (Å²) >= 11 is 5.96. The molecule has 0 aliphatic heterocycles. The largest absolute Gasteiger partial charge is 0.438 e. The van der Waals surface area contributed by atoms with Crippen LogP contribution in [0.5, 0.6) is 0 Å². The smallest absolute Gasteiger partial charge is 0.336 e. The first kappa shape index (κ1) is 18.0. The summed E-state index contributed by atoms with van der Waals surface area (Å²) in [6.45, 7) is 2.06. The lowest BCUT2D eigenvalue weighted by molar-refractivity contribution is 0.0946. The maximum absolute atomic E-state index is 12.6. The highest BCUT2D eigenvalue weighted by Crippen LogP contribution is 2.26. The summed E-state index contributed by atoms with van der Waals surface area (Å²) in [6.07, 6.45) is 0. The van der Waals surface area contributed by atoms with Gasteiger partial charge in [0, 0.05) is 23.0 Å². The van der Waals surface area contributed by atoms with Crippen LogP contribution in [0.15, 0.2) is 62.2 Å². The summed E-state index contributed by atoms with van der Waals surface area (Å²) in [5.74, 6) is -0.470. The standard InChI is InChI=1S/C21H15ClN2O4/c1-11-7-18(25)28-19-14(11)5-6-17-15(19)9-16(20(23)27-17)21(26)24-10-12-3-2-4-13(22)8-12/h2-9,23H,10H2,1H3,(H,24,26). The molecule has 1 amide bonds. The lowest BCUT2D eigenvalue weighted by atomic mass is 10.1. The number of benzene rings is 2.